The normalized spacial score (nSPS) is 23.7. The monoisotopic (exact) mass is 310 g/mol. The van der Waals surface area contributed by atoms with Crippen molar-refractivity contribution in [3.05, 3.63) is 48.0 Å². The highest BCUT2D eigenvalue weighted by atomic mass is 16.2. The van der Waals surface area contributed by atoms with Gasteiger partial charge in [0.2, 0.25) is 0 Å². The fourth-order valence-corrected chi connectivity index (χ4v) is 4.10. The number of hydrogen-bond acceptors (Lipinski definition) is 3. The molecule has 5 nitrogen and oxygen atoms in total. The molecule has 23 heavy (non-hydrogen) atoms. The lowest BCUT2D eigenvalue weighted by molar-refractivity contribution is 0.0782. The van der Waals surface area contributed by atoms with Crippen molar-refractivity contribution in [2.45, 2.75) is 32.2 Å². The van der Waals surface area contributed by atoms with E-state index in [4.69, 9.17) is 0 Å². The number of benzene rings is 1. The number of carbonyl (C=O) groups is 1. The topological polar surface area (TPSA) is 51.0 Å². The lowest BCUT2D eigenvalue weighted by atomic mass is 9.82. The van der Waals surface area contributed by atoms with Gasteiger partial charge in [-0.05, 0) is 36.3 Å². The Morgan fingerprint density at radius 1 is 1.13 bits per heavy atom. The van der Waals surface area contributed by atoms with Gasteiger partial charge in [-0.15, -0.1) is 0 Å². The van der Waals surface area contributed by atoms with Crippen LogP contribution in [0.2, 0.25) is 0 Å². The predicted molar refractivity (Wildman–Crippen MR) is 86.9 cm³/mol. The van der Waals surface area contributed by atoms with E-state index in [0.717, 1.165) is 36.1 Å². The molecule has 0 unspecified atom stereocenters. The molecule has 1 saturated carbocycles. The third kappa shape index (κ3) is 2.87. The summed E-state index contributed by atoms with van der Waals surface area (Å²) in [6, 6.07) is 7.88. The Bertz CT molecular complexity index is 668. The number of carbonyl (C=O) groups excluding carboxylic acids is 1. The number of likely N-dealkylation sites (tertiary alicyclic amines) is 1. The van der Waals surface area contributed by atoms with E-state index < -0.39 is 0 Å². The number of aromatic nitrogens is 3. The highest BCUT2D eigenvalue weighted by Crippen LogP contribution is 2.36. The van der Waals surface area contributed by atoms with Gasteiger partial charge in [0, 0.05) is 18.7 Å². The molecule has 4 rings (SSSR count). The minimum Gasteiger partial charge on any atom is -0.338 e. The molecule has 1 aliphatic heterocycles. The van der Waals surface area contributed by atoms with Crippen LogP contribution in [-0.2, 0) is 6.54 Å². The van der Waals surface area contributed by atoms with Crippen molar-refractivity contribution in [2.24, 2.45) is 11.8 Å². The Kier molecular flexibility index (Phi) is 3.85. The van der Waals surface area contributed by atoms with Crippen molar-refractivity contribution in [3.63, 3.8) is 0 Å². The van der Waals surface area contributed by atoms with Crippen LogP contribution in [0.15, 0.2) is 36.9 Å². The zero-order valence-electron chi connectivity index (χ0n) is 13.3. The molecule has 5 heteroatoms. The Hall–Kier alpha value is -2.17. The van der Waals surface area contributed by atoms with E-state index in [1.165, 1.54) is 32.0 Å². The summed E-state index contributed by atoms with van der Waals surface area (Å²) in [5.41, 5.74) is 1.82. The van der Waals surface area contributed by atoms with Crippen molar-refractivity contribution < 1.29 is 4.79 Å². The molecule has 0 bridgehead atoms. The second-order valence-electron chi connectivity index (χ2n) is 6.76. The lowest BCUT2D eigenvalue weighted by Gasteiger charge is -2.22. The van der Waals surface area contributed by atoms with Gasteiger partial charge in [-0.2, -0.15) is 5.10 Å². The Balaban J connectivity index is 1.54. The highest BCUT2D eigenvalue weighted by molar-refractivity contribution is 5.95. The van der Waals surface area contributed by atoms with E-state index in [0.29, 0.717) is 6.54 Å². The molecule has 0 spiro atoms. The van der Waals surface area contributed by atoms with Crippen LogP contribution >= 0.6 is 0 Å². The average molecular weight is 310 g/mol. The van der Waals surface area contributed by atoms with Gasteiger partial charge in [-0.1, -0.05) is 31.0 Å². The van der Waals surface area contributed by atoms with Gasteiger partial charge < -0.3 is 4.90 Å². The highest BCUT2D eigenvalue weighted by Gasteiger charge is 2.36. The van der Waals surface area contributed by atoms with Gasteiger partial charge in [0.25, 0.3) is 5.91 Å². The first-order valence-electron chi connectivity index (χ1n) is 8.51. The second-order valence-corrected chi connectivity index (χ2v) is 6.76. The van der Waals surface area contributed by atoms with Crippen LogP contribution in [0.5, 0.6) is 0 Å². The van der Waals surface area contributed by atoms with E-state index in [-0.39, 0.29) is 5.91 Å². The molecule has 2 aromatic rings. The minimum atomic E-state index is 0.176. The summed E-state index contributed by atoms with van der Waals surface area (Å²) in [4.78, 5) is 19.1. The Labute approximate surface area is 136 Å². The van der Waals surface area contributed by atoms with E-state index in [1.54, 1.807) is 11.0 Å². The first kappa shape index (κ1) is 14.4. The molecule has 2 atom stereocenters. The van der Waals surface area contributed by atoms with E-state index >= 15 is 0 Å². The van der Waals surface area contributed by atoms with Crippen LogP contribution in [0.4, 0.5) is 0 Å². The van der Waals surface area contributed by atoms with E-state index in [1.807, 2.05) is 24.3 Å². The van der Waals surface area contributed by atoms with E-state index in [9.17, 15) is 4.79 Å². The summed E-state index contributed by atoms with van der Waals surface area (Å²) in [6.45, 7) is 2.45. The molecule has 2 aliphatic rings. The first-order valence-corrected chi connectivity index (χ1v) is 8.51. The molecule has 120 valence electrons. The molecule has 1 aliphatic carbocycles. The number of amides is 1. The summed E-state index contributed by atoms with van der Waals surface area (Å²) in [5, 5.41) is 4.15. The molecular formula is C18H22N4O. The second kappa shape index (κ2) is 6.14. The third-order valence-corrected chi connectivity index (χ3v) is 5.31. The van der Waals surface area contributed by atoms with Crippen LogP contribution in [0, 0.1) is 11.8 Å². The average Bonchev–Trinajstić information content (AvgIpc) is 3.23. The summed E-state index contributed by atoms with van der Waals surface area (Å²) in [5.74, 6) is 1.61. The standard InChI is InChI=1S/C18H22N4O/c23-18(21-9-14-5-1-2-6-15(14)10-21)17-8-4-3-7-16(17)11-22-13-19-12-20-22/h3-4,7-8,12-15H,1-2,5-6,9-11H2/t14-,15+. The number of rotatable bonds is 3. The zero-order valence-corrected chi connectivity index (χ0v) is 13.3. The van der Waals surface area contributed by atoms with Crippen LogP contribution < -0.4 is 0 Å². The van der Waals surface area contributed by atoms with Gasteiger partial charge in [0.05, 0.1) is 6.54 Å². The summed E-state index contributed by atoms with van der Waals surface area (Å²) >= 11 is 0. The third-order valence-electron chi connectivity index (χ3n) is 5.31. The largest absolute Gasteiger partial charge is 0.338 e. The molecule has 1 aromatic heterocycles. The van der Waals surface area contributed by atoms with Crippen molar-refractivity contribution >= 4 is 5.91 Å². The van der Waals surface area contributed by atoms with Gasteiger partial charge >= 0.3 is 0 Å². The Morgan fingerprint density at radius 3 is 2.57 bits per heavy atom. The smallest absolute Gasteiger partial charge is 0.254 e. The van der Waals surface area contributed by atoms with Crippen LogP contribution in [0.3, 0.4) is 0 Å². The van der Waals surface area contributed by atoms with Gasteiger partial charge in [0.1, 0.15) is 12.7 Å². The SMILES string of the molecule is O=C(c1ccccc1Cn1cncn1)N1C[C@H]2CCCC[C@H]2C1. The maximum Gasteiger partial charge on any atom is 0.254 e. The molecule has 0 N–H and O–H groups in total. The van der Waals surface area contributed by atoms with Crippen molar-refractivity contribution in [1.82, 2.24) is 19.7 Å². The number of hydrogen-bond donors (Lipinski definition) is 0. The quantitative estimate of drug-likeness (QED) is 0.875. The minimum absolute atomic E-state index is 0.176. The molecule has 1 aromatic carbocycles. The molecule has 0 radical (unpaired) electrons. The zero-order chi connectivity index (χ0) is 15.6. The molecule has 1 saturated heterocycles. The van der Waals surface area contributed by atoms with E-state index in [2.05, 4.69) is 15.0 Å². The summed E-state index contributed by atoms with van der Waals surface area (Å²) in [6.07, 6.45) is 8.43. The first-order chi connectivity index (χ1) is 11.3. The van der Waals surface area contributed by atoms with Gasteiger partial charge in [0.15, 0.2) is 0 Å². The summed E-state index contributed by atoms with van der Waals surface area (Å²) < 4.78 is 1.76. The molecule has 1 amide bonds. The fraction of sp³-hybridized carbons (Fsp3) is 0.500. The Morgan fingerprint density at radius 2 is 1.87 bits per heavy atom. The van der Waals surface area contributed by atoms with Crippen molar-refractivity contribution in [2.75, 3.05) is 13.1 Å². The maximum atomic E-state index is 13.0. The van der Waals surface area contributed by atoms with Gasteiger partial charge in [-0.25, -0.2) is 9.67 Å². The number of nitrogens with zero attached hydrogens (tertiary/aromatic N) is 4. The van der Waals surface area contributed by atoms with Crippen LogP contribution in [0.25, 0.3) is 0 Å². The van der Waals surface area contributed by atoms with Crippen molar-refractivity contribution in [1.29, 1.82) is 0 Å². The molecule has 2 fully saturated rings. The van der Waals surface area contributed by atoms with Gasteiger partial charge in [-0.3, -0.25) is 4.79 Å². The van der Waals surface area contributed by atoms with Crippen molar-refractivity contribution in [3.8, 4) is 0 Å². The summed E-state index contributed by atoms with van der Waals surface area (Å²) in [7, 11) is 0. The fourth-order valence-electron chi connectivity index (χ4n) is 4.10. The molecule has 2 heterocycles. The predicted octanol–water partition coefficient (Wildman–Crippen LogP) is 2.59. The molecular weight excluding hydrogens is 288 g/mol. The lowest BCUT2D eigenvalue weighted by Crippen LogP contribution is -2.30. The maximum absolute atomic E-state index is 13.0. The number of fused-ring (bicyclic) bond motifs is 1. The van der Waals surface area contributed by atoms with Crippen LogP contribution in [0.1, 0.15) is 41.6 Å². The van der Waals surface area contributed by atoms with Crippen LogP contribution in [-0.4, -0.2) is 38.7 Å².